The van der Waals surface area contributed by atoms with Crippen LogP contribution in [0.1, 0.15) is 17.4 Å². The van der Waals surface area contributed by atoms with Crippen LogP contribution in [0, 0.1) is 5.82 Å². The number of hydrogen-bond acceptors (Lipinski definition) is 4. The van der Waals surface area contributed by atoms with Crippen molar-refractivity contribution in [2.75, 3.05) is 24.6 Å². The van der Waals surface area contributed by atoms with E-state index in [0.29, 0.717) is 19.7 Å². The van der Waals surface area contributed by atoms with Gasteiger partial charge in [-0.2, -0.15) is 0 Å². The molecule has 0 aliphatic carbocycles. The van der Waals surface area contributed by atoms with Gasteiger partial charge in [-0.3, -0.25) is 0 Å². The van der Waals surface area contributed by atoms with Crippen LogP contribution in [0.2, 0.25) is 0 Å². The second kappa shape index (κ2) is 4.67. The number of halogens is 1. The van der Waals surface area contributed by atoms with Crippen LogP contribution in [0.3, 0.4) is 0 Å². The monoisotopic (exact) mass is 240 g/mol. The fourth-order valence-corrected chi connectivity index (χ4v) is 1.78. The lowest BCUT2D eigenvalue weighted by molar-refractivity contribution is 0.0526. The molecule has 0 aromatic carbocycles. The Hall–Kier alpha value is -1.69. The largest absolute Gasteiger partial charge is 0.477 e. The molecule has 1 N–H and O–H groups in total. The molecular weight excluding hydrogens is 227 g/mol. The summed E-state index contributed by atoms with van der Waals surface area (Å²) in [6.45, 7) is 3.38. The summed E-state index contributed by atoms with van der Waals surface area (Å²) in [5, 5.41) is 8.82. The van der Waals surface area contributed by atoms with E-state index in [-0.39, 0.29) is 17.6 Å². The normalized spacial score (nSPS) is 20.4. The Morgan fingerprint density at radius 3 is 3.06 bits per heavy atom. The number of nitrogens with zero attached hydrogens (tertiary/aromatic N) is 2. The summed E-state index contributed by atoms with van der Waals surface area (Å²) in [6.07, 6.45) is -0.0153. The minimum atomic E-state index is -1.16. The maximum Gasteiger partial charge on any atom is 0.354 e. The average Bonchev–Trinajstić information content (AvgIpc) is 2.29. The molecule has 0 amide bonds. The number of aromatic nitrogens is 1. The first-order valence-electron chi connectivity index (χ1n) is 5.34. The smallest absolute Gasteiger partial charge is 0.354 e. The molecule has 2 rings (SSSR count). The number of carbonyl (C=O) groups is 1. The standard InChI is InChI=1S/C11H13FN2O3/c1-7-6-14(4-5-17-7)10-8(12)2-3-9(13-10)11(15)16/h2-3,7H,4-6H2,1H3,(H,15,16). The molecule has 1 aliphatic heterocycles. The molecule has 1 saturated heterocycles. The highest BCUT2D eigenvalue weighted by atomic mass is 19.1. The van der Waals surface area contributed by atoms with Crippen molar-refractivity contribution in [1.29, 1.82) is 0 Å². The number of rotatable bonds is 2. The van der Waals surface area contributed by atoms with Gasteiger partial charge in [-0.05, 0) is 19.1 Å². The van der Waals surface area contributed by atoms with Gasteiger partial charge < -0.3 is 14.7 Å². The summed E-state index contributed by atoms with van der Waals surface area (Å²) >= 11 is 0. The second-order valence-corrected chi connectivity index (χ2v) is 3.93. The zero-order valence-electron chi connectivity index (χ0n) is 9.39. The van der Waals surface area contributed by atoms with Gasteiger partial charge in [-0.25, -0.2) is 14.2 Å². The Labute approximate surface area is 97.8 Å². The fourth-order valence-electron chi connectivity index (χ4n) is 1.78. The van der Waals surface area contributed by atoms with Crippen molar-refractivity contribution < 1.29 is 19.0 Å². The summed E-state index contributed by atoms with van der Waals surface area (Å²) in [7, 11) is 0. The minimum absolute atomic E-state index is 0.0153. The molecule has 1 atom stereocenters. The van der Waals surface area contributed by atoms with E-state index in [0.717, 1.165) is 12.1 Å². The van der Waals surface area contributed by atoms with Gasteiger partial charge in [0.25, 0.3) is 0 Å². The number of carboxylic acid groups (broad SMARTS) is 1. The highest BCUT2D eigenvalue weighted by Crippen LogP contribution is 2.19. The first-order valence-corrected chi connectivity index (χ1v) is 5.34. The fraction of sp³-hybridized carbons (Fsp3) is 0.455. The topological polar surface area (TPSA) is 62.7 Å². The van der Waals surface area contributed by atoms with E-state index in [9.17, 15) is 9.18 Å². The summed E-state index contributed by atoms with van der Waals surface area (Å²) in [5.74, 6) is -1.59. The van der Waals surface area contributed by atoms with Gasteiger partial charge in [-0.1, -0.05) is 0 Å². The van der Waals surface area contributed by atoms with Gasteiger partial charge in [0, 0.05) is 13.1 Å². The molecule has 6 heteroatoms. The molecule has 0 spiro atoms. The van der Waals surface area contributed by atoms with Crippen molar-refractivity contribution in [3.05, 3.63) is 23.6 Å². The molecule has 1 unspecified atom stereocenters. The Morgan fingerprint density at radius 2 is 2.41 bits per heavy atom. The van der Waals surface area contributed by atoms with Crippen LogP contribution >= 0.6 is 0 Å². The number of ether oxygens (including phenoxy) is 1. The van der Waals surface area contributed by atoms with E-state index in [4.69, 9.17) is 9.84 Å². The second-order valence-electron chi connectivity index (χ2n) is 3.93. The van der Waals surface area contributed by atoms with E-state index in [1.807, 2.05) is 6.92 Å². The van der Waals surface area contributed by atoms with Gasteiger partial charge in [0.1, 0.15) is 0 Å². The summed E-state index contributed by atoms with van der Waals surface area (Å²) in [5.41, 5.74) is -0.152. The molecule has 5 nitrogen and oxygen atoms in total. The first-order chi connectivity index (χ1) is 8.08. The van der Waals surface area contributed by atoms with Crippen LogP contribution in [-0.4, -0.2) is 41.9 Å². The van der Waals surface area contributed by atoms with Gasteiger partial charge in [0.05, 0.1) is 12.7 Å². The zero-order valence-corrected chi connectivity index (χ0v) is 9.39. The molecule has 17 heavy (non-hydrogen) atoms. The van der Waals surface area contributed by atoms with Crippen molar-refractivity contribution in [3.63, 3.8) is 0 Å². The van der Waals surface area contributed by atoms with Crippen molar-refractivity contribution >= 4 is 11.8 Å². The third kappa shape index (κ3) is 2.52. The minimum Gasteiger partial charge on any atom is -0.477 e. The molecule has 2 heterocycles. The Bertz CT molecular complexity index is 439. The van der Waals surface area contributed by atoms with Crippen molar-refractivity contribution in [2.24, 2.45) is 0 Å². The highest BCUT2D eigenvalue weighted by molar-refractivity contribution is 5.85. The number of anilines is 1. The SMILES string of the molecule is CC1CN(c2nc(C(=O)O)ccc2F)CCO1. The average molecular weight is 240 g/mol. The number of hydrogen-bond donors (Lipinski definition) is 1. The molecule has 0 radical (unpaired) electrons. The molecule has 0 bridgehead atoms. The van der Waals surface area contributed by atoms with Crippen molar-refractivity contribution in [2.45, 2.75) is 13.0 Å². The lowest BCUT2D eigenvalue weighted by Gasteiger charge is -2.32. The predicted molar refractivity (Wildman–Crippen MR) is 58.8 cm³/mol. The third-order valence-electron chi connectivity index (χ3n) is 2.59. The molecule has 1 aromatic rings. The summed E-state index contributed by atoms with van der Waals surface area (Å²) < 4.78 is 18.9. The van der Waals surface area contributed by atoms with Crippen LogP contribution in [0.15, 0.2) is 12.1 Å². The Morgan fingerprint density at radius 1 is 1.65 bits per heavy atom. The summed E-state index contributed by atoms with van der Waals surface area (Å²) in [4.78, 5) is 16.3. The maximum absolute atomic E-state index is 13.6. The van der Waals surface area contributed by atoms with Crippen LogP contribution in [-0.2, 0) is 4.74 Å². The third-order valence-corrected chi connectivity index (χ3v) is 2.59. The number of pyridine rings is 1. The molecular formula is C11H13FN2O3. The van der Waals surface area contributed by atoms with Gasteiger partial charge in [0.2, 0.25) is 0 Å². The van der Waals surface area contributed by atoms with Crippen molar-refractivity contribution in [3.8, 4) is 0 Å². The highest BCUT2D eigenvalue weighted by Gasteiger charge is 2.22. The van der Waals surface area contributed by atoms with Gasteiger partial charge >= 0.3 is 5.97 Å². The van der Waals surface area contributed by atoms with Crippen LogP contribution < -0.4 is 4.90 Å². The van der Waals surface area contributed by atoms with E-state index in [2.05, 4.69) is 4.98 Å². The van der Waals surface area contributed by atoms with E-state index in [1.165, 1.54) is 0 Å². The van der Waals surface area contributed by atoms with Crippen molar-refractivity contribution in [1.82, 2.24) is 4.98 Å². The van der Waals surface area contributed by atoms with E-state index >= 15 is 0 Å². The number of morpholine rings is 1. The molecule has 1 aliphatic rings. The Kier molecular flexibility index (Phi) is 3.23. The quantitative estimate of drug-likeness (QED) is 0.840. The van der Waals surface area contributed by atoms with E-state index < -0.39 is 11.8 Å². The first kappa shape index (κ1) is 11.8. The maximum atomic E-state index is 13.6. The molecule has 1 aromatic heterocycles. The molecule has 0 saturated carbocycles. The van der Waals surface area contributed by atoms with Crippen LogP contribution in [0.25, 0.3) is 0 Å². The van der Waals surface area contributed by atoms with Gasteiger partial charge in [-0.15, -0.1) is 0 Å². The van der Waals surface area contributed by atoms with Crippen LogP contribution in [0.5, 0.6) is 0 Å². The van der Waals surface area contributed by atoms with E-state index in [1.54, 1.807) is 4.90 Å². The summed E-state index contributed by atoms with van der Waals surface area (Å²) in [6, 6.07) is 2.29. The molecule has 1 fully saturated rings. The predicted octanol–water partition coefficient (Wildman–Crippen LogP) is 1.14. The lowest BCUT2D eigenvalue weighted by atomic mass is 10.2. The molecule has 92 valence electrons. The van der Waals surface area contributed by atoms with Crippen LogP contribution in [0.4, 0.5) is 10.2 Å². The van der Waals surface area contributed by atoms with Gasteiger partial charge in [0.15, 0.2) is 17.3 Å². The zero-order chi connectivity index (χ0) is 12.4. The Balaban J connectivity index is 2.29. The lowest BCUT2D eigenvalue weighted by Crippen LogP contribution is -2.42. The number of aromatic carboxylic acids is 1. The number of carboxylic acids is 1.